The number of benzene rings is 2. The molecular weight excluding hydrogens is 350 g/mol. The Morgan fingerprint density at radius 3 is 2.38 bits per heavy atom. The van der Waals surface area contributed by atoms with Crippen LogP contribution in [0.4, 0.5) is 0 Å². The van der Waals surface area contributed by atoms with Crippen molar-refractivity contribution in [1.82, 2.24) is 4.90 Å². The van der Waals surface area contributed by atoms with Gasteiger partial charge in [-0.2, -0.15) is 0 Å². The first-order chi connectivity index (χ1) is 12.5. The fourth-order valence-electron chi connectivity index (χ4n) is 2.66. The Kier molecular flexibility index (Phi) is 7.67. The molecular formula is C21H24ClNO3. The van der Waals surface area contributed by atoms with Crippen molar-refractivity contribution < 1.29 is 14.3 Å². The lowest BCUT2D eigenvalue weighted by molar-refractivity contribution is -0.131. The highest BCUT2D eigenvalue weighted by Gasteiger charge is 2.15. The van der Waals surface area contributed by atoms with E-state index in [0.717, 1.165) is 11.3 Å². The Morgan fingerprint density at radius 2 is 1.77 bits per heavy atom. The molecule has 0 aliphatic carbocycles. The molecule has 4 nitrogen and oxygen atoms in total. The largest absolute Gasteiger partial charge is 0.494 e. The first-order valence-corrected chi connectivity index (χ1v) is 9.19. The predicted molar refractivity (Wildman–Crippen MR) is 104 cm³/mol. The second kappa shape index (κ2) is 9.97. The predicted octanol–water partition coefficient (Wildman–Crippen LogP) is 4.75. The van der Waals surface area contributed by atoms with Crippen molar-refractivity contribution in [2.75, 3.05) is 13.2 Å². The van der Waals surface area contributed by atoms with Gasteiger partial charge in [-0.3, -0.25) is 9.59 Å². The number of ketones is 1. The quantitative estimate of drug-likeness (QED) is 0.596. The van der Waals surface area contributed by atoms with Gasteiger partial charge in [-0.05, 0) is 55.8 Å². The second-order valence-corrected chi connectivity index (χ2v) is 6.35. The number of nitrogens with zero attached hydrogens (tertiary/aromatic N) is 1. The Morgan fingerprint density at radius 1 is 1.04 bits per heavy atom. The van der Waals surface area contributed by atoms with Crippen molar-refractivity contribution in [3.05, 3.63) is 64.7 Å². The number of amides is 1. The summed E-state index contributed by atoms with van der Waals surface area (Å²) in [5.74, 6) is 0.658. The number of Topliss-reactive ketones (excluding diaryl/α,β-unsaturated/α-hetero) is 1. The summed E-state index contributed by atoms with van der Waals surface area (Å²) in [5.41, 5.74) is 1.57. The topological polar surface area (TPSA) is 46.6 Å². The highest BCUT2D eigenvalue weighted by molar-refractivity contribution is 6.30. The normalized spacial score (nSPS) is 10.4. The molecule has 0 bridgehead atoms. The highest BCUT2D eigenvalue weighted by atomic mass is 35.5. The van der Waals surface area contributed by atoms with Gasteiger partial charge in [-0.15, -0.1) is 0 Å². The van der Waals surface area contributed by atoms with E-state index in [2.05, 4.69) is 0 Å². The fourth-order valence-corrected chi connectivity index (χ4v) is 2.87. The zero-order chi connectivity index (χ0) is 18.9. The summed E-state index contributed by atoms with van der Waals surface area (Å²) in [6.07, 6.45) is 0.388. The maximum absolute atomic E-state index is 12.5. The van der Waals surface area contributed by atoms with E-state index < -0.39 is 0 Å². The molecule has 0 aliphatic heterocycles. The van der Waals surface area contributed by atoms with Gasteiger partial charge in [0, 0.05) is 36.5 Å². The van der Waals surface area contributed by atoms with Gasteiger partial charge in [0.2, 0.25) is 5.91 Å². The molecule has 0 unspecified atom stereocenters. The van der Waals surface area contributed by atoms with Crippen LogP contribution in [0.15, 0.2) is 48.5 Å². The van der Waals surface area contributed by atoms with Crippen LogP contribution in [0.3, 0.4) is 0 Å². The summed E-state index contributed by atoms with van der Waals surface area (Å²) in [6.45, 7) is 5.50. The summed E-state index contributed by atoms with van der Waals surface area (Å²) in [4.78, 5) is 26.5. The summed E-state index contributed by atoms with van der Waals surface area (Å²) in [5, 5.41) is 0.650. The number of halogens is 1. The number of carbonyl (C=O) groups excluding carboxylic acids is 2. The maximum atomic E-state index is 12.5. The average Bonchev–Trinajstić information content (AvgIpc) is 2.65. The van der Waals surface area contributed by atoms with E-state index in [1.54, 1.807) is 35.2 Å². The van der Waals surface area contributed by atoms with E-state index in [1.165, 1.54) is 0 Å². The first kappa shape index (κ1) is 20.0. The molecule has 0 aromatic heterocycles. The molecule has 0 N–H and O–H groups in total. The van der Waals surface area contributed by atoms with Crippen LogP contribution >= 0.6 is 11.6 Å². The molecule has 0 saturated carbocycles. The van der Waals surface area contributed by atoms with Crippen molar-refractivity contribution in [3.8, 4) is 5.75 Å². The molecule has 5 heteroatoms. The molecule has 2 rings (SSSR count). The van der Waals surface area contributed by atoms with Crippen molar-refractivity contribution >= 4 is 23.3 Å². The number of ether oxygens (including phenoxy) is 1. The van der Waals surface area contributed by atoms with Crippen LogP contribution in [-0.2, 0) is 11.3 Å². The zero-order valence-corrected chi connectivity index (χ0v) is 16.0. The van der Waals surface area contributed by atoms with Gasteiger partial charge in [-0.25, -0.2) is 0 Å². The van der Waals surface area contributed by atoms with Crippen LogP contribution in [0.5, 0.6) is 5.75 Å². The van der Waals surface area contributed by atoms with Crippen LogP contribution in [0.25, 0.3) is 0 Å². The number of hydrogen-bond acceptors (Lipinski definition) is 3. The van der Waals surface area contributed by atoms with Crippen LogP contribution in [-0.4, -0.2) is 29.7 Å². The molecule has 0 saturated heterocycles. The molecule has 2 aromatic rings. The molecule has 1 amide bonds. The molecule has 0 spiro atoms. The molecule has 0 radical (unpaired) electrons. The van der Waals surface area contributed by atoms with Crippen LogP contribution in [0, 0.1) is 0 Å². The standard InChI is InChI=1S/C21H24ClNO3/c1-3-23(15-16-6-5-7-18(22)14-16)21(25)13-12-20(24)17-8-10-19(11-9-17)26-4-2/h5-11,14H,3-4,12-13,15H2,1-2H3. The van der Waals surface area contributed by atoms with Crippen LogP contribution in [0.1, 0.15) is 42.6 Å². The number of rotatable bonds is 9. The molecule has 0 aliphatic rings. The van der Waals surface area contributed by atoms with Crippen molar-refractivity contribution in [3.63, 3.8) is 0 Å². The summed E-state index contributed by atoms with van der Waals surface area (Å²) >= 11 is 6.00. The minimum absolute atomic E-state index is 0.0354. The van der Waals surface area contributed by atoms with Gasteiger partial charge in [0.05, 0.1) is 6.61 Å². The lowest BCUT2D eigenvalue weighted by Crippen LogP contribution is -2.30. The maximum Gasteiger partial charge on any atom is 0.223 e. The Labute approximate surface area is 159 Å². The monoisotopic (exact) mass is 373 g/mol. The van der Waals surface area contributed by atoms with Gasteiger partial charge in [-0.1, -0.05) is 23.7 Å². The van der Waals surface area contributed by atoms with E-state index in [9.17, 15) is 9.59 Å². The van der Waals surface area contributed by atoms with Crippen LogP contribution < -0.4 is 4.74 Å². The lowest BCUT2D eigenvalue weighted by Gasteiger charge is -2.21. The molecule has 26 heavy (non-hydrogen) atoms. The second-order valence-electron chi connectivity index (χ2n) is 5.92. The third-order valence-corrected chi connectivity index (χ3v) is 4.29. The van der Waals surface area contributed by atoms with E-state index in [0.29, 0.717) is 30.3 Å². The minimum Gasteiger partial charge on any atom is -0.494 e. The summed E-state index contributed by atoms with van der Waals surface area (Å²) in [6, 6.07) is 14.5. The lowest BCUT2D eigenvalue weighted by atomic mass is 10.1. The summed E-state index contributed by atoms with van der Waals surface area (Å²) in [7, 11) is 0. The van der Waals surface area contributed by atoms with Crippen molar-refractivity contribution in [1.29, 1.82) is 0 Å². The van der Waals surface area contributed by atoms with Crippen LogP contribution in [0.2, 0.25) is 5.02 Å². The number of hydrogen-bond donors (Lipinski definition) is 0. The Balaban J connectivity index is 1.89. The highest BCUT2D eigenvalue weighted by Crippen LogP contribution is 2.16. The van der Waals surface area contributed by atoms with E-state index in [4.69, 9.17) is 16.3 Å². The van der Waals surface area contributed by atoms with Gasteiger partial charge in [0.25, 0.3) is 0 Å². The average molecular weight is 374 g/mol. The smallest absolute Gasteiger partial charge is 0.223 e. The molecule has 0 heterocycles. The van der Waals surface area contributed by atoms with E-state index in [-0.39, 0.29) is 24.5 Å². The van der Waals surface area contributed by atoms with Gasteiger partial charge in [0.1, 0.15) is 5.75 Å². The van der Waals surface area contributed by atoms with Gasteiger partial charge >= 0.3 is 0 Å². The zero-order valence-electron chi connectivity index (χ0n) is 15.2. The minimum atomic E-state index is -0.0415. The van der Waals surface area contributed by atoms with Gasteiger partial charge in [0.15, 0.2) is 5.78 Å². The summed E-state index contributed by atoms with van der Waals surface area (Å²) < 4.78 is 5.37. The molecule has 138 valence electrons. The molecule has 0 fully saturated rings. The number of carbonyl (C=O) groups is 2. The Hall–Kier alpha value is -2.33. The molecule has 0 atom stereocenters. The first-order valence-electron chi connectivity index (χ1n) is 8.81. The SMILES string of the molecule is CCOc1ccc(C(=O)CCC(=O)N(CC)Cc2cccc(Cl)c2)cc1. The fraction of sp³-hybridized carbons (Fsp3) is 0.333. The molecule has 2 aromatic carbocycles. The van der Waals surface area contributed by atoms with E-state index >= 15 is 0 Å². The van der Waals surface area contributed by atoms with Crippen molar-refractivity contribution in [2.45, 2.75) is 33.2 Å². The van der Waals surface area contributed by atoms with Gasteiger partial charge < -0.3 is 9.64 Å². The third kappa shape index (κ3) is 5.88. The van der Waals surface area contributed by atoms with Crippen molar-refractivity contribution in [2.24, 2.45) is 0 Å². The Bertz CT molecular complexity index is 743. The third-order valence-electron chi connectivity index (χ3n) is 4.05. The van der Waals surface area contributed by atoms with E-state index in [1.807, 2.05) is 32.0 Å².